The zero-order valence-corrected chi connectivity index (χ0v) is 20.0. The van der Waals surface area contributed by atoms with Crippen molar-refractivity contribution in [3.8, 4) is 11.3 Å². The Kier molecular flexibility index (Phi) is 6.18. The zero-order valence-electron chi connectivity index (χ0n) is 19.2. The molecule has 0 bridgehead atoms. The van der Waals surface area contributed by atoms with Crippen LogP contribution in [0.5, 0.6) is 0 Å². The second kappa shape index (κ2) is 9.46. The highest BCUT2D eigenvalue weighted by atomic mass is 35.5. The van der Waals surface area contributed by atoms with E-state index in [4.69, 9.17) is 11.6 Å². The van der Waals surface area contributed by atoms with E-state index in [-0.39, 0.29) is 29.1 Å². The van der Waals surface area contributed by atoms with Crippen LogP contribution in [-0.2, 0) is 24.9 Å². The molecule has 0 aliphatic rings. The largest absolute Gasteiger partial charge is 0.292 e. The van der Waals surface area contributed by atoms with Gasteiger partial charge in [0.25, 0.3) is 6.43 Å². The molecule has 13 heteroatoms. The molecule has 0 saturated carbocycles. The third kappa shape index (κ3) is 4.67. The normalized spacial score (nSPS) is 11.5. The van der Waals surface area contributed by atoms with Crippen LogP contribution in [0.25, 0.3) is 22.3 Å². The molecule has 0 atom stereocenters. The average Bonchev–Trinajstić information content (AvgIpc) is 3.54. The van der Waals surface area contributed by atoms with Gasteiger partial charge in [0.15, 0.2) is 5.65 Å². The van der Waals surface area contributed by atoms with Gasteiger partial charge >= 0.3 is 0 Å². The Balaban J connectivity index is 1.39. The van der Waals surface area contributed by atoms with Gasteiger partial charge in [0.1, 0.15) is 12.9 Å². The molecule has 0 spiro atoms. The molecule has 5 rings (SSSR count). The number of hydrogen-bond donors (Lipinski definition) is 1. The maximum absolute atomic E-state index is 13.9. The minimum atomic E-state index is -2.75. The predicted octanol–water partition coefficient (Wildman–Crippen LogP) is 4.01. The summed E-state index contributed by atoms with van der Waals surface area (Å²) in [5.41, 5.74) is 2.06. The van der Waals surface area contributed by atoms with Crippen LogP contribution in [0.3, 0.4) is 0 Å². The number of aromatic nitrogens is 8. The number of alkyl halides is 2. The summed E-state index contributed by atoms with van der Waals surface area (Å²) in [4.78, 5) is 21.4. The SMILES string of the molecule is Cc1nn(CC(=O)Nc2ncn(Cc3ccccc3Cl)n2)c2nc(-c3cnn(C)c3)cc(C(F)F)c12. The summed E-state index contributed by atoms with van der Waals surface area (Å²) in [6.07, 6.45) is 1.94. The van der Waals surface area contributed by atoms with Gasteiger partial charge in [0, 0.05) is 29.4 Å². The average molecular weight is 512 g/mol. The first-order valence-electron chi connectivity index (χ1n) is 10.9. The number of amides is 1. The Morgan fingerprint density at radius 3 is 2.75 bits per heavy atom. The Labute approximate surface area is 208 Å². The fraction of sp³-hybridized carbons (Fsp3) is 0.217. The number of rotatable bonds is 7. The highest BCUT2D eigenvalue weighted by Crippen LogP contribution is 2.33. The number of nitrogens with one attached hydrogen (secondary N) is 1. The van der Waals surface area contributed by atoms with Gasteiger partial charge in [-0.15, -0.1) is 5.10 Å². The summed E-state index contributed by atoms with van der Waals surface area (Å²) in [7, 11) is 1.72. The highest BCUT2D eigenvalue weighted by molar-refractivity contribution is 6.31. The van der Waals surface area contributed by atoms with Crippen molar-refractivity contribution >= 4 is 34.5 Å². The zero-order chi connectivity index (χ0) is 25.4. The van der Waals surface area contributed by atoms with Crippen LogP contribution >= 0.6 is 11.6 Å². The van der Waals surface area contributed by atoms with Gasteiger partial charge in [-0.1, -0.05) is 29.8 Å². The molecule has 184 valence electrons. The van der Waals surface area contributed by atoms with Crippen LogP contribution in [0.15, 0.2) is 49.1 Å². The van der Waals surface area contributed by atoms with E-state index in [1.807, 2.05) is 18.2 Å². The van der Waals surface area contributed by atoms with Gasteiger partial charge in [0.2, 0.25) is 11.9 Å². The molecular weight excluding hydrogens is 492 g/mol. The predicted molar refractivity (Wildman–Crippen MR) is 129 cm³/mol. The number of anilines is 1. The highest BCUT2D eigenvalue weighted by Gasteiger charge is 2.22. The fourth-order valence-electron chi connectivity index (χ4n) is 3.90. The van der Waals surface area contributed by atoms with Gasteiger partial charge in [-0.25, -0.2) is 28.1 Å². The fourth-order valence-corrected chi connectivity index (χ4v) is 4.10. The van der Waals surface area contributed by atoms with E-state index in [0.29, 0.717) is 28.5 Å². The number of halogens is 3. The number of aryl methyl sites for hydroxylation is 2. The van der Waals surface area contributed by atoms with Crippen molar-refractivity contribution in [2.75, 3.05) is 5.32 Å². The lowest BCUT2D eigenvalue weighted by molar-refractivity contribution is -0.116. The Morgan fingerprint density at radius 1 is 1.22 bits per heavy atom. The van der Waals surface area contributed by atoms with Crippen LogP contribution in [0.4, 0.5) is 14.7 Å². The van der Waals surface area contributed by atoms with Crippen LogP contribution < -0.4 is 5.32 Å². The molecule has 0 unspecified atom stereocenters. The molecule has 0 radical (unpaired) electrons. The third-order valence-corrected chi connectivity index (χ3v) is 5.88. The van der Waals surface area contributed by atoms with E-state index in [2.05, 4.69) is 30.6 Å². The standard InChI is InChI=1S/C23H20ClF2N9O/c1-13-20-16(21(25)26)7-18(15-8-28-33(2)9-15)29-22(20)35(31-13)11-19(36)30-23-27-12-34(32-23)10-14-5-3-4-6-17(14)24/h3-9,12,21H,10-11H2,1-2H3,(H,30,32,36). The Hall–Kier alpha value is -4.19. The lowest BCUT2D eigenvalue weighted by Crippen LogP contribution is -2.20. The van der Waals surface area contributed by atoms with Crippen LogP contribution in [0, 0.1) is 6.92 Å². The van der Waals surface area contributed by atoms with Crippen molar-refractivity contribution in [2.45, 2.75) is 26.4 Å². The minimum absolute atomic E-state index is 0.0949. The first kappa shape index (κ1) is 23.5. The summed E-state index contributed by atoms with van der Waals surface area (Å²) in [6.45, 7) is 1.71. The summed E-state index contributed by atoms with van der Waals surface area (Å²) >= 11 is 6.19. The molecule has 4 aromatic heterocycles. The molecule has 1 N–H and O–H groups in total. The summed E-state index contributed by atoms with van der Waals surface area (Å²) < 4.78 is 32.3. The molecule has 0 aliphatic heterocycles. The maximum Gasteiger partial charge on any atom is 0.264 e. The van der Waals surface area contributed by atoms with Gasteiger partial charge < -0.3 is 0 Å². The monoisotopic (exact) mass is 511 g/mol. The minimum Gasteiger partial charge on any atom is -0.292 e. The summed E-state index contributed by atoms with van der Waals surface area (Å²) in [6, 6.07) is 8.68. The van der Waals surface area contributed by atoms with Crippen molar-refractivity contribution in [1.82, 2.24) is 39.3 Å². The van der Waals surface area contributed by atoms with E-state index in [1.165, 1.54) is 23.3 Å². The molecule has 0 aliphatic carbocycles. The van der Waals surface area contributed by atoms with Crippen LogP contribution in [0.1, 0.15) is 23.2 Å². The number of pyridine rings is 1. The second-order valence-corrected chi connectivity index (χ2v) is 8.55. The van der Waals surface area contributed by atoms with Gasteiger partial charge in [0.05, 0.1) is 29.5 Å². The van der Waals surface area contributed by atoms with Crippen molar-refractivity contribution in [1.29, 1.82) is 0 Å². The molecule has 10 nitrogen and oxygen atoms in total. The number of carbonyl (C=O) groups is 1. The molecule has 0 fully saturated rings. The maximum atomic E-state index is 13.9. The molecule has 1 aromatic carbocycles. The molecule has 1 amide bonds. The summed E-state index contributed by atoms with van der Waals surface area (Å²) in [5.74, 6) is -0.389. The molecular formula is C23H20ClF2N9O. The van der Waals surface area contributed by atoms with Crippen LogP contribution in [0.2, 0.25) is 5.02 Å². The van der Waals surface area contributed by atoms with E-state index >= 15 is 0 Å². The van der Waals surface area contributed by atoms with E-state index in [1.54, 1.807) is 35.6 Å². The third-order valence-electron chi connectivity index (χ3n) is 5.51. The molecule has 36 heavy (non-hydrogen) atoms. The van der Waals surface area contributed by atoms with E-state index < -0.39 is 12.3 Å². The Bertz CT molecular complexity index is 1570. The van der Waals surface area contributed by atoms with Gasteiger partial charge in [-0.3, -0.25) is 14.8 Å². The lowest BCUT2D eigenvalue weighted by Gasteiger charge is -2.07. The molecule has 0 saturated heterocycles. The quantitative estimate of drug-likeness (QED) is 0.354. The van der Waals surface area contributed by atoms with Crippen molar-refractivity contribution < 1.29 is 13.6 Å². The van der Waals surface area contributed by atoms with Crippen molar-refractivity contribution in [2.24, 2.45) is 7.05 Å². The first-order valence-corrected chi connectivity index (χ1v) is 11.2. The van der Waals surface area contributed by atoms with E-state index in [0.717, 1.165) is 5.56 Å². The number of hydrogen-bond acceptors (Lipinski definition) is 6. The van der Waals surface area contributed by atoms with Gasteiger partial charge in [-0.2, -0.15) is 10.2 Å². The molecule has 4 heterocycles. The van der Waals surface area contributed by atoms with E-state index in [9.17, 15) is 13.6 Å². The number of carbonyl (C=O) groups excluding carboxylic acids is 1. The van der Waals surface area contributed by atoms with Crippen molar-refractivity contribution in [3.63, 3.8) is 0 Å². The number of benzene rings is 1. The van der Waals surface area contributed by atoms with Gasteiger partial charge in [-0.05, 0) is 24.6 Å². The van der Waals surface area contributed by atoms with Crippen molar-refractivity contribution in [3.05, 3.63) is 70.9 Å². The lowest BCUT2D eigenvalue weighted by atomic mass is 10.1. The number of fused-ring (bicyclic) bond motifs is 1. The summed E-state index contributed by atoms with van der Waals surface area (Å²) in [5, 5.41) is 16.1. The number of nitrogens with zero attached hydrogens (tertiary/aromatic N) is 8. The second-order valence-electron chi connectivity index (χ2n) is 8.15. The topological polar surface area (TPSA) is 108 Å². The Morgan fingerprint density at radius 2 is 2.03 bits per heavy atom. The van der Waals surface area contributed by atoms with Crippen LogP contribution in [-0.4, -0.2) is 45.2 Å². The smallest absolute Gasteiger partial charge is 0.264 e. The molecule has 5 aromatic rings. The first-order chi connectivity index (χ1) is 17.3.